The summed E-state index contributed by atoms with van der Waals surface area (Å²) < 4.78 is 19.9. The second-order valence-corrected chi connectivity index (χ2v) is 9.19. The van der Waals surface area contributed by atoms with Crippen molar-refractivity contribution in [3.8, 4) is 5.75 Å². The highest BCUT2D eigenvalue weighted by Crippen LogP contribution is 2.27. The first kappa shape index (κ1) is 24.1. The molecule has 0 aliphatic carbocycles. The summed E-state index contributed by atoms with van der Waals surface area (Å²) in [5.74, 6) is -0.182. The van der Waals surface area contributed by atoms with Crippen molar-refractivity contribution in [1.29, 1.82) is 0 Å². The van der Waals surface area contributed by atoms with E-state index in [1.54, 1.807) is 44.2 Å². The van der Waals surface area contributed by atoms with Gasteiger partial charge in [0.25, 0.3) is 5.91 Å². The second-order valence-electron chi connectivity index (χ2n) is 8.32. The Bertz CT molecular complexity index is 1050. The molecule has 0 saturated heterocycles. The third-order valence-corrected chi connectivity index (χ3v) is 5.85. The zero-order valence-corrected chi connectivity index (χ0v) is 19.8. The topological polar surface area (TPSA) is 38.3 Å². The molecule has 0 heterocycles. The maximum atomic E-state index is 14.0. The molecule has 0 aliphatic heterocycles. The van der Waals surface area contributed by atoms with E-state index in [-0.39, 0.29) is 23.7 Å². The molecule has 0 unspecified atom stereocenters. The van der Waals surface area contributed by atoms with E-state index in [1.807, 2.05) is 37.3 Å². The Morgan fingerprint density at radius 1 is 1.00 bits per heavy atom. The Morgan fingerprint density at radius 2 is 1.59 bits per heavy atom. The molecule has 0 bridgehead atoms. The fraction of sp³-hybridized carbons (Fsp3) is 0.269. The van der Waals surface area contributed by atoms with Gasteiger partial charge in [0.1, 0.15) is 11.6 Å². The Morgan fingerprint density at radius 3 is 2.19 bits per heavy atom. The number of rotatable bonds is 8. The zero-order chi connectivity index (χ0) is 23.3. The van der Waals surface area contributed by atoms with Crippen molar-refractivity contribution >= 4 is 29.1 Å². The van der Waals surface area contributed by atoms with Gasteiger partial charge in [-0.1, -0.05) is 47.5 Å². The van der Waals surface area contributed by atoms with Gasteiger partial charge in [-0.3, -0.25) is 4.79 Å². The number of carbonyl (C=O) groups excluding carboxylic acids is 1. The summed E-state index contributed by atoms with van der Waals surface area (Å²) >= 11 is 11.9. The molecule has 0 spiro atoms. The lowest BCUT2D eigenvalue weighted by Crippen LogP contribution is -2.51. The molecule has 0 aliphatic rings. The van der Waals surface area contributed by atoms with Crippen LogP contribution in [0.2, 0.25) is 10.0 Å². The SMILES string of the molecule is C[C@@H](NC(=O)C(C)(C)Oc1ccc(Cl)cc1)[C@H](Cc1ccc(Cl)cc1)c1cccc(F)c1. The number of hydrogen-bond acceptors (Lipinski definition) is 2. The van der Waals surface area contributed by atoms with Gasteiger partial charge in [0.2, 0.25) is 0 Å². The van der Waals surface area contributed by atoms with E-state index in [0.717, 1.165) is 11.1 Å². The van der Waals surface area contributed by atoms with Crippen LogP contribution in [-0.4, -0.2) is 17.6 Å². The third kappa shape index (κ3) is 6.47. The third-order valence-electron chi connectivity index (χ3n) is 5.34. The number of halogens is 3. The van der Waals surface area contributed by atoms with Crippen LogP contribution < -0.4 is 10.1 Å². The van der Waals surface area contributed by atoms with Gasteiger partial charge in [0.15, 0.2) is 5.60 Å². The largest absolute Gasteiger partial charge is 0.478 e. The standard InChI is InChI=1S/C26H26Cl2FNO2/c1-17(30-25(31)26(2,3)32-23-13-11-21(28)12-14-23)24(19-5-4-6-22(29)16-19)15-18-7-9-20(27)10-8-18/h4-14,16-17,24H,15H2,1-3H3,(H,30,31)/t17-,24+/m1/s1. The van der Waals surface area contributed by atoms with Crippen LogP contribution in [0.3, 0.4) is 0 Å². The highest BCUT2D eigenvalue weighted by atomic mass is 35.5. The minimum Gasteiger partial charge on any atom is -0.478 e. The molecular weight excluding hydrogens is 448 g/mol. The molecule has 0 fully saturated rings. The number of amides is 1. The summed E-state index contributed by atoms with van der Waals surface area (Å²) in [5, 5.41) is 4.31. The molecule has 3 aromatic rings. The summed E-state index contributed by atoms with van der Waals surface area (Å²) in [4.78, 5) is 13.1. The van der Waals surface area contributed by atoms with E-state index >= 15 is 0 Å². The Kier molecular flexibility index (Phi) is 7.81. The van der Waals surface area contributed by atoms with Gasteiger partial charge in [-0.25, -0.2) is 4.39 Å². The number of nitrogens with one attached hydrogen (secondary N) is 1. The monoisotopic (exact) mass is 473 g/mol. The molecule has 1 amide bonds. The molecule has 2 atom stereocenters. The second kappa shape index (κ2) is 10.4. The summed E-state index contributed by atoms with van der Waals surface area (Å²) in [5.41, 5.74) is 0.736. The van der Waals surface area contributed by atoms with Crippen LogP contribution in [0.25, 0.3) is 0 Å². The van der Waals surface area contributed by atoms with Crippen molar-refractivity contribution in [3.05, 3.63) is 99.8 Å². The molecule has 1 N–H and O–H groups in total. The van der Waals surface area contributed by atoms with Crippen LogP contribution in [0.4, 0.5) is 4.39 Å². The molecule has 3 nitrogen and oxygen atoms in total. The quantitative estimate of drug-likeness (QED) is 0.389. The molecule has 6 heteroatoms. The van der Waals surface area contributed by atoms with Crippen molar-refractivity contribution in [1.82, 2.24) is 5.32 Å². The van der Waals surface area contributed by atoms with Gasteiger partial charge in [-0.2, -0.15) is 0 Å². The van der Waals surface area contributed by atoms with Gasteiger partial charge in [-0.15, -0.1) is 0 Å². The maximum Gasteiger partial charge on any atom is 0.263 e. The molecular formula is C26H26Cl2FNO2. The normalized spacial score (nSPS) is 13.3. The summed E-state index contributed by atoms with van der Waals surface area (Å²) in [6.45, 7) is 5.34. The Hall–Kier alpha value is -2.56. The van der Waals surface area contributed by atoms with Crippen molar-refractivity contribution in [3.63, 3.8) is 0 Å². The molecule has 168 valence electrons. The van der Waals surface area contributed by atoms with Crippen LogP contribution in [-0.2, 0) is 11.2 Å². The predicted octanol–water partition coefficient (Wildman–Crippen LogP) is 6.82. The average Bonchev–Trinajstić information content (AvgIpc) is 2.74. The van der Waals surface area contributed by atoms with Gasteiger partial charge in [0, 0.05) is 22.0 Å². The minimum absolute atomic E-state index is 0.151. The zero-order valence-electron chi connectivity index (χ0n) is 18.2. The highest BCUT2D eigenvalue weighted by molar-refractivity contribution is 6.30. The summed E-state index contributed by atoms with van der Waals surface area (Å²) in [6, 6.07) is 20.6. The number of carbonyl (C=O) groups is 1. The van der Waals surface area contributed by atoms with Crippen LogP contribution in [0.5, 0.6) is 5.75 Å². The van der Waals surface area contributed by atoms with Gasteiger partial charge in [-0.05, 0) is 86.8 Å². The lowest BCUT2D eigenvalue weighted by molar-refractivity contribution is -0.135. The first-order chi connectivity index (χ1) is 15.1. The fourth-order valence-corrected chi connectivity index (χ4v) is 3.77. The molecule has 0 radical (unpaired) electrons. The lowest BCUT2D eigenvalue weighted by Gasteiger charge is -2.31. The maximum absolute atomic E-state index is 14.0. The lowest BCUT2D eigenvalue weighted by atomic mass is 9.86. The van der Waals surface area contributed by atoms with E-state index in [2.05, 4.69) is 5.32 Å². The molecule has 3 aromatic carbocycles. The van der Waals surface area contributed by atoms with Gasteiger partial charge in [0.05, 0.1) is 0 Å². The van der Waals surface area contributed by atoms with Crippen LogP contribution >= 0.6 is 23.2 Å². The highest BCUT2D eigenvalue weighted by Gasteiger charge is 2.33. The summed E-state index contributed by atoms with van der Waals surface area (Å²) in [6.07, 6.45) is 0.612. The molecule has 3 rings (SSSR count). The van der Waals surface area contributed by atoms with Gasteiger partial charge < -0.3 is 10.1 Å². The van der Waals surface area contributed by atoms with Crippen molar-refractivity contribution < 1.29 is 13.9 Å². The van der Waals surface area contributed by atoms with Crippen molar-refractivity contribution in [2.75, 3.05) is 0 Å². The minimum atomic E-state index is -1.12. The molecule has 32 heavy (non-hydrogen) atoms. The van der Waals surface area contributed by atoms with Crippen molar-refractivity contribution in [2.24, 2.45) is 0 Å². The van der Waals surface area contributed by atoms with Crippen LogP contribution in [0.15, 0.2) is 72.8 Å². The van der Waals surface area contributed by atoms with E-state index < -0.39 is 5.60 Å². The molecule has 0 aromatic heterocycles. The van der Waals surface area contributed by atoms with Gasteiger partial charge >= 0.3 is 0 Å². The fourth-order valence-electron chi connectivity index (χ4n) is 3.52. The van der Waals surface area contributed by atoms with Crippen LogP contribution in [0.1, 0.15) is 37.8 Å². The predicted molar refractivity (Wildman–Crippen MR) is 128 cm³/mol. The average molecular weight is 474 g/mol. The van der Waals surface area contributed by atoms with E-state index in [1.165, 1.54) is 12.1 Å². The number of hydrogen-bond donors (Lipinski definition) is 1. The summed E-state index contributed by atoms with van der Waals surface area (Å²) in [7, 11) is 0. The first-order valence-electron chi connectivity index (χ1n) is 10.4. The molecule has 0 saturated carbocycles. The van der Waals surface area contributed by atoms with E-state index in [0.29, 0.717) is 22.2 Å². The van der Waals surface area contributed by atoms with Crippen LogP contribution in [0, 0.1) is 5.82 Å². The Balaban J connectivity index is 1.78. The Labute approximate surface area is 198 Å². The number of ether oxygens (including phenoxy) is 1. The first-order valence-corrected chi connectivity index (χ1v) is 11.1. The van der Waals surface area contributed by atoms with E-state index in [9.17, 15) is 9.18 Å². The number of benzene rings is 3. The van der Waals surface area contributed by atoms with E-state index in [4.69, 9.17) is 27.9 Å². The van der Waals surface area contributed by atoms with Crippen molar-refractivity contribution in [2.45, 2.75) is 44.8 Å². The smallest absolute Gasteiger partial charge is 0.263 e.